The van der Waals surface area contributed by atoms with Gasteiger partial charge in [0.25, 0.3) is 5.91 Å². The van der Waals surface area contributed by atoms with Crippen molar-refractivity contribution in [2.75, 3.05) is 14.2 Å². The number of carbonyl (C=O) groups excluding carboxylic acids is 1. The van der Waals surface area contributed by atoms with Crippen LogP contribution in [0.3, 0.4) is 0 Å². The highest BCUT2D eigenvalue weighted by Gasteiger charge is 2.19. The maximum absolute atomic E-state index is 12.3. The normalized spacial score (nSPS) is 10.8. The summed E-state index contributed by atoms with van der Waals surface area (Å²) in [6.07, 6.45) is 1.65. The third-order valence-corrected chi connectivity index (χ3v) is 3.24. The molecule has 24 heavy (non-hydrogen) atoms. The Morgan fingerprint density at radius 1 is 1.29 bits per heavy atom. The molecule has 0 spiro atoms. The Morgan fingerprint density at radius 2 is 2.17 bits per heavy atom. The van der Waals surface area contributed by atoms with E-state index in [0.29, 0.717) is 29.8 Å². The third kappa shape index (κ3) is 3.49. The van der Waals surface area contributed by atoms with Crippen molar-refractivity contribution >= 4 is 5.91 Å². The van der Waals surface area contributed by atoms with Crippen LogP contribution in [0.5, 0.6) is 0 Å². The molecule has 0 aromatic carbocycles. The van der Waals surface area contributed by atoms with Crippen molar-refractivity contribution in [3.8, 4) is 11.5 Å². The molecule has 3 aromatic rings. The molecule has 0 bridgehead atoms. The van der Waals surface area contributed by atoms with Crippen LogP contribution in [-0.4, -0.2) is 40.1 Å². The molecule has 0 fully saturated rings. The molecule has 0 N–H and O–H groups in total. The average Bonchev–Trinajstić information content (AvgIpc) is 3.25. The minimum absolute atomic E-state index is 0.166. The van der Waals surface area contributed by atoms with Gasteiger partial charge in [-0.1, -0.05) is 11.2 Å². The van der Waals surface area contributed by atoms with Gasteiger partial charge in [-0.2, -0.15) is 4.98 Å². The summed E-state index contributed by atoms with van der Waals surface area (Å²) in [5, 5.41) is 3.87. The van der Waals surface area contributed by atoms with E-state index in [1.807, 2.05) is 6.07 Å². The Morgan fingerprint density at radius 3 is 2.92 bits per heavy atom. The molecule has 0 saturated carbocycles. The van der Waals surface area contributed by atoms with Crippen molar-refractivity contribution in [2.45, 2.75) is 13.2 Å². The molecule has 124 valence electrons. The topological polar surface area (TPSA) is 94.5 Å². The Bertz CT molecular complexity index is 812. The zero-order valence-electron chi connectivity index (χ0n) is 13.3. The van der Waals surface area contributed by atoms with Crippen LogP contribution in [0.15, 0.2) is 45.5 Å². The first-order valence-electron chi connectivity index (χ1n) is 7.24. The van der Waals surface area contributed by atoms with Crippen LogP contribution in [0.2, 0.25) is 0 Å². The maximum atomic E-state index is 12.3. The summed E-state index contributed by atoms with van der Waals surface area (Å²) in [5.41, 5.74) is 0.608. The molecular weight excluding hydrogens is 312 g/mol. The van der Waals surface area contributed by atoms with Crippen molar-refractivity contribution < 1.29 is 18.5 Å². The largest absolute Gasteiger partial charge is 0.453 e. The summed E-state index contributed by atoms with van der Waals surface area (Å²) in [5.74, 6) is 1.23. The highest BCUT2D eigenvalue weighted by atomic mass is 16.5. The van der Waals surface area contributed by atoms with Crippen molar-refractivity contribution in [3.05, 3.63) is 53.9 Å². The van der Waals surface area contributed by atoms with Gasteiger partial charge < -0.3 is 18.6 Å². The summed E-state index contributed by atoms with van der Waals surface area (Å²) in [6, 6.07) is 8.74. The van der Waals surface area contributed by atoms with E-state index < -0.39 is 0 Å². The SMILES string of the molecule is COCc1ccc(C(=O)N(C)Cc2nc(-c3ccccn3)no2)o1. The van der Waals surface area contributed by atoms with Crippen molar-refractivity contribution in [1.82, 2.24) is 20.0 Å². The number of rotatable bonds is 6. The number of nitrogens with zero attached hydrogens (tertiary/aromatic N) is 4. The molecule has 0 atom stereocenters. The van der Waals surface area contributed by atoms with Crippen molar-refractivity contribution in [3.63, 3.8) is 0 Å². The van der Waals surface area contributed by atoms with Gasteiger partial charge in [0.05, 0.1) is 0 Å². The fourth-order valence-electron chi connectivity index (χ4n) is 2.09. The number of furan rings is 1. The number of amides is 1. The zero-order valence-corrected chi connectivity index (χ0v) is 13.3. The Labute approximate surface area is 138 Å². The standard InChI is InChI=1S/C16H16N4O4/c1-20(16(21)13-7-6-11(23-13)10-22-2)9-14-18-15(19-24-14)12-5-3-4-8-17-12/h3-8H,9-10H2,1-2H3. The van der Waals surface area contributed by atoms with Gasteiger partial charge >= 0.3 is 0 Å². The molecule has 0 radical (unpaired) electrons. The number of hydrogen-bond donors (Lipinski definition) is 0. The van der Waals surface area contributed by atoms with Gasteiger partial charge in [0.1, 0.15) is 24.6 Å². The first-order valence-corrected chi connectivity index (χ1v) is 7.24. The molecule has 3 heterocycles. The lowest BCUT2D eigenvalue weighted by molar-refractivity contribution is 0.0730. The van der Waals surface area contributed by atoms with Gasteiger partial charge in [0, 0.05) is 20.4 Å². The molecule has 3 aromatic heterocycles. The summed E-state index contributed by atoms with van der Waals surface area (Å²) in [7, 11) is 3.19. The van der Waals surface area contributed by atoms with Crippen LogP contribution >= 0.6 is 0 Å². The van der Waals surface area contributed by atoms with Gasteiger partial charge in [-0.15, -0.1) is 0 Å². The molecule has 0 unspecified atom stereocenters. The number of hydrogen-bond acceptors (Lipinski definition) is 7. The Balaban J connectivity index is 1.67. The number of carbonyl (C=O) groups is 1. The van der Waals surface area contributed by atoms with Crippen LogP contribution in [0.4, 0.5) is 0 Å². The summed E-state index contributed by atoms with van der Waals surface area (Å²) in [4.78, 5) is 22.2. The number of methoxy groups -OCH3 is 1. The third-order valence-electron chi connectivity index (χ3n) is 3.24. The molecule has 8 nitrogen and oxygen atoms in total. The smallest absolute Gasteiger partial charge is 0.289 e. The average molecular weight is 328 g/mol. The van der Waals surface area contributed by atoms with E-state index in [1.165, 1.54) is 4.90 Å². The highest BCUT2D eigenvalue weighted by Crippen LogP contribution is 2.15. The van der Waals surface area contributed by atoms with Gasteiger partial charge in [-0.05, 0) is 24.3 Å². The molecule has 0 aliphatic rings. The number of pyridine rings is 1. The second kappa shape index (κ2) is 7.05. The molecule has 0 aliphatic heterocycles. The second-order valence-corrected chi connectivity index (χ2v) is 5.09. The van der Waals surface area contributed by atoms with Crippen LogP contribution in [-0.2, 0) is 17.9 Å². The molecular formula is C16H16N4O4. The molecule has 0 aliphatic carbocycles. The van der Waals surface area contributed by atoms with E-state index in [2.05, 4.69) is 15.1 Å². The van der Waals surface area contributed by atoms with E-state index >= 15 is 0 Å². The maximum Gasteiger partial charge on any atom is 0.289 e. The Kier molecular flexibility index (Phi) is 4.66. The zero-order chi connectivity index (χ0) is 16.9. The van der Waals surface area contributed by atoms with E-state index in [4.69, 9.17) is 13.7 Å². The van der Waals surface area contributed by atoms with Crippen LogP contribution in [0.25, 0.3) is 11.5 Å². The molecule has 3 rings (SSSR count). The predicted octanol–water partition coefficient (Wildman–Crippen LogP) is 2.14. The fourth-order valence-corrected chi connectivity index (χ4v) is 2.09. The van der Waals surface area contributed by atoms with Crippen LogP contribution in [0.1, 0.15) is 22.2 Å². The van der Waals surface area contributed by atoms with Crippen molar-refractivity contribution in [1.29, 1.82) is 0 Å². The van der Waals surface area contributed by atoms with E-state index in [0.717, 1.165) is 0 Å². The quantitative estimate of drug-likeness (QED) is 0.684. The Hall–Kier alpha value is -3.00. The first-order chi connectivity index (χ1) is 11.7. The van der Waals surface area contributed by atoms with Crippen LogP contribution in [0, 0.1) is 0 Å². The van der Waals surface area contributed by atoms with Gasteiger partial charge in [0.2, 0.25) is 11.7 Å². The van der Waals surface area contributed by atoms with Crippen molar-refractivity contribution in [2.24, 2.45) is 0 Å². The van der Waals surface area contributed by atoms with Gasteiger partial charge in [-0.3, -0.25) is 9.78 Å². The van der Waals surface area contributed by atoms with E-state index in [9.17, 15) is 4.79 Å². The van der Waals surface area contributed by atoms with E-state index in [1.54, 1.807) is 44.6 Å². The van der Waals surface area contributed by atoms with Gasteiger partial charge in [0.15, 0.2) is 5.76 Å². The summed E-state index contributed by atoms with van der Waals surface area (Å²) < 4.78 is 15.6. The first kappa shape index (κ1) is 15.9. The lowest BCUT2D eigenvalue weighted by atomic mass is 10.3. The highest BCUT2D eigenvalue weighted by molar-refractivity contribution is 5.91. The summed E-state index contributed by atoms with van der Waals surface area (Å²) >= 11 is 0. The molecule has 8 heteroatoms. The monoisotopic (exact) mass is 328 g/mol. The molecule has 0 saturated heterocycles. The van der Waals surface area contributed by atoms with Crippen LogP contribution < -0.4 is 0 Å². The minimum atomic E-state index is -0.282. The number of aromatic nitrogens is 3. The predicted molar refractivity (Wildman–Crippen MR) is 82.7 cm³/mol. The number of ether oxygens (including phenoxy) is 1. The van der Waals surface area contributed by atoms with Gasteiger partial charge in [-0.25, -0.2) is 0 Å². The lowest BCUT2D eigenvalue weighted by Gasteiger charge is -2.12. The fraction of sp³-hybridized carbons (Fsp3) is 0.250. The lowest BCUT2D eigenvalue weighted by Crippen LogP contribution is -2.25. The molecule has 1 amide bonds. The summed E-state index contributed by atoms with van der Waals surface area (Å²) in [6.45, 7) is 0.479. The second-order valence-electron chi connectivity index (χ2n) is 5.09. The van der Waals surface area contributed by atoms with E-state index in [-0.39, 0.29) is 18.2 Å². The minimum Gasteiger partial charge on any atom is -0.453 e.